The van der Waals surface area contributed by atoms with Gasteiger partial charge in [0.25, 0.3) is 0 Å². The maximum absolute atomic E-state index is 13.1. The van der Waals surface area contributed by atoms with Gasteiger partial charge < -0.3 is 25.0 Å². The normalized spacial score (nSPS) is 16.9. The van der Waals surface area contributed by atoms with Gasteiger partial charge in [-0.2, -0.15) is 4.98 Å². The van der Waals surface area contributed by atoms with E-state index < -0.39 is 15.1 Å². The zero-order valence-electron chi connectivity index (χ0n) is 27.7. The van der Waals surface area contributed by atoms with E-state index >= 15 is 0 Å². The van der Waals surface area contributed by atoms with Crippen molar-refractivity contribution in [2.45, 2.75) is 50.9 Å². The minimum absolute atomic E-state index is 0.101. The molecule has 6 rings (SSSR count). The molecule has 1 fully saturated rings. The summed E-state index contributed by atoms with van der Waals surface area (Å²) in [5, 5.41) is 6.17. The molecule has 1 saturated heterocycles. The highest BCUT2D eigenvalue weighted by Gasteiger charge is 2.28. The van der Waals surface area contributed by atoms with E-state index in [1.807, 2.05) is 32.2 Å². The van der Waals surface area contributed by atoms with E-state index in [-0.39, 0.29) is 11.0 Å². The van der Waals surface area contributed by atoms with E-state index in [1.165, 1.54) is 0 Å². The molecule has 0 spiro atoms. The average Bonchev–Trinajstić information content (AvgIpc) is 3.06. The molecule has 47 heavy (non-hydrogen) atoms. The standard InChI is InChI=1S/C35H43N7O4S/c1-23(2)47(43,44)32-9-7-6-8-29(32)39-34-25(4)20-38-35(40-34)42-22-26(5)46-31-18-24(3)28(19-30(31)42)27-10-11-33(37-21-27)36-12-13-41-14-16-45-17-15-41/h6-11,18-21,23,26H,12-17,22H2,1-5H3,(H,36,37)(H,38,39,40). The molecule has 0 saturated carbocycles. The molecule has 1 atom stereocenters. The monoisotopic (exact) mass is 657 g/mol. The van der Waals surface area contributed by atoms with Crippen LogP contribution in [-0.2, 0) is 14.6 Å². The molecule has 4 aromatic rings. The zero-order chi connectivity index (χ0) is 33.1. The minimum atomic E-state index is -3.51. The van der Waals surface area contributed by atoms with E-state index in [0.29, 0.717) is 24.0 Å². The van der Waals surface area contributed by atoms with Crippen molar-refractivity contribution in [3.05, 3.63) is 72.1 Å². The molecule has 0 amide bonds. The number of nitrogens with one attached hydrogen (secondary N) is 2. The van der Waals surface area contributed by atoms with E-state index in [1.54, 1.807) is 38.2 Å². The van der Waals surface area contributed by atoms with Gasteiger partial charge in [0.2, 0.25) is 5.95 Å². The first-order valence-corrected chi connectivity index (χ1v) is 17.7. The number of pyridine rings is 1. The third-order valence-electron chi connectivity index (χ3n) is 8.54. The second-order valence-corrected chi connectivity index (χ2v) is 14.9. The number of anilines is 5. The molecule has 248 valence electrons. The van der Waals surface area contributed by atoms with Gasteiger partial charge in [-0.25, -0.2) is 18.4 Å². The van der Waals surface area contributed by atoms with Gasteiger partial charge in [-0.15, -0.1) is 0 Å². The molecule has 2 N–H and O–H groups in total. The highest BCUT2D eigenvalue weighted by Crippen LogP contribution is 2.42. The molecule has 4 heterocycles. The van der Waals surface area contributed by atoms with Gasteiger partial charge in [-0.3, -0.25) is 4.90 Å². The van der Waals surface area contributed by atoms with Crippen LogP contribution in [0.4, 0.5) is 29.0 Å². The lowest BCUT2D eigenvalue weighted by atomic mass is 9.99. The number of sulfone groups is 1. The molecule has 0 aliphatic carbocycles. The third kappa shape index (κ3) is 7.19. The number of para-hydroxylation sites is 1. The van der Waals surface area contributed by atoms with Gasteiger partial charge >= 0.3 is 0 Å². The molecule has 11 nitrogen and oxygen atoms in total. The number of benzene rings is 2. The maximum Gasteiger partial charge on any atom is 0.232 e. The number of fused-ring (bicyclic) bond motifs is 1. The summed E-state index contributed by atoms with van der Waals surface area (Å²) in [6.07, 6.45) is 3.55. The van der Waals surface area contributed by atoms with Crippen LogP contribution in [0.15, 0.2) is 65.8 Å². The number of ether oxygens (including phenoxy) is 2. The molecule has 0 bridgehead atoms. The quantitative estimate of drug-likeness (QED) is 0.217. The lowest BCUT2D eigenvalue weighted by Gasteiger charge is -2.34. The third-order valence-corrected chi connectivity index (χ3v) is 10.8. The van der Waals surface area contributed by atoms with Crippen molar-refractivity contribution in [2.24, 2.45) is 0 Å². The lowest BCUT2D eigenvalue weighted by Crippen LogP contribution is -2.39. The molecule has 2 aromatic carbocycles. The summed E-state index contributed by atoms with van der Waals surface area (Å²) < 4.78 is 37.9. The molecule has 2 aliphatic heterocycles. The van der Waals surface area contributed by atoms with Crippen molar-refractivity contribution in [2.75, 3.05) is 61.5 Å². The van der Waals surface area contributed by atoms with E-state index in [0.717, 1.165) is 78.9 Å². The largest absolute Gasteiger partial charge is 0.487 e. The first kappa shape index (κ1) is 32.7. The van der Waals surface area contributed by atoms with Crippen LogP contribution in [0.5, 0.6) is 5.75 Å². The van der Waals surface area contributed by atoms with Gasteiger partial charge in [0, 0.05) is 49.7 Å². The minimum Gasteiger partial charge on any atom is -0.487 e. The Bertz CT molecular complexity index is 1830. The Morgan fingerprint density at radius 2 is 1.79 bits per heavy atom. The van der Waals surface area contributed by atoms with E-state index in [9.17, 15) is 8.42 Å². The van der Waals surface area contributed by atoms with Crippen molar-refractivity contribution < 1.29 is 17.9 Å². The van der Waals surface area contributed by atoms with Gasteiger partial charge in [-0.05, 0) is 82.1 Å². The number of aryl methyl sites for hydroxylation is 2. The summed E-state index contributed by atoms with van der Waals surface area (Å²) >= 11 is 0. The fourth-order valence-corrected chi connectivity index (χ4v) is 7.00. The van der Waals surface area contributed by atoms with Crippen LogP contribution >= 0.6 is 0 Å². The Kier molecular flexibility index (Phi) is 9.62. The summed E-state index contributed by atoms with van der Waals surface area (Å²) in [5.41, 5.74) is 5.24. The summed E-state index contributed by atoms with van der Waals surface area (Å²) in [7, 11) is -3.51. The van der Waals surface area contributed by atoms with Crippen LogP contribution < -0.4 is 20.3 Å². The number of aromatic nitrogens is 3. The first-order valence-electron chi connectivity index (χ1n) is 16.1. The lowest BCUT2D eigenvalue weighted by molar-refractivity contribution is 0.0398. The second kappa shape index (κ2) is 13.8. The van der Waals surface area contributed by atoms with Gasteiger partial charge in [0.1, 0.15) is 23.5 Å². The van der Waals surface area contributed by atoms with Crippen LogP contribution in [0.1, 0.15) is 31.9 Å². The number of nitrogens with zero attached hydrogens (tertiary/aromatic N) is 5. The summed E-state index contributed by atoms with van der Waals surface area (Å²) in [6, 6.07) is 15.2. The summed E-state index contributed by atoms with van der Waals surface area (Å²) in [5.74, 6) is 2.63. The Labute approximate surface area is 277 Å². The second-order valence-electron chi connectivity index (χ2n) is 12.4. The van der Waals surface area contributed by atoms with Gasteiger partial charge in [0.15, 0.2) is 9.84 Å². The average molecular weight is 658 g/mol. The Balaban J connectivity index is 1.26. The van der Waals surface area contributed by atoms with Crippen LogP contribution in [0.25, 0.3) is 11.1 Å². The Hall–Kier alpha value is -4.26. The number of morpholine rings is 1. The summed E-state index contributed by atoms with van der Waals surface area (Å²) in [4.78, 5) is 19.0. The van der Waals surface area contributed by atoms with Crippen LogP contribution in [0.3, 0.4) is 0 Å². The Morgan fingerprint density at radius 1 is 1.00 bits per heavy atom. The molecule has 12 heteroatoms. The fraction of sp³-hybridized carbons (Fsp3) is 0.400. The first-order chi connectivity index (χ1) is 22.6. The number of rotatable bonds is 10. The van der Waals surface area contributed by atoms with Crippen LogP contribution in [0, 0.1) is 13.8 Å². The highest BCUT2D eigenvalue weighted by molar-refractivity contribution is 7.92. The van der Waals surface area contributed by atoms with Gasteiger partial charge in [-0.1, -0.05) is 12.1 Å². The summed E-state index contributed by atoms with van der Waals surface area (Å²) in [6.45, 7) is 15.2. The van der Waals surface area contributed by atoms with Gasteiger partial charge in [0.05, 0.1) is 41.3 Å². The topological polar surface area (TPSA) is 122 Å². The SMILES string of the molecule is Cc1cc2c(cc1-c1ccc(NCCN3CCOCC3)nc1)N(c1ncc(C)c(Nc3ccccc3S(=O)(=O)C(C)C)n1)CC(C)O2. The zero-order valence-corrected chi connectivity index (χ0v) is 28.5. The molecule has 2 aromatic heterocycles. The van der Waals surface area contributed by atoms with E-state index in [4.69, 9.17) is 24.4 Å². The molecule has 2 aliphatic rings. The molecule has 1 unspecified atom stereocenters. The van der Waals surface area contributed by atoms with Crippen molar-refractivity contribution in [1.82, 2.24) is 19.9 Å². The molecule has 0 radical (unpaired) electrons. The van der Waals surface area contributed by atoms with Crippen LogP contribution in [-0.4, -0.2) is 85.6 Å². The van der Waals surface area contributed by atoms with Crippen molar-refractivity contribution in [3.8, 4) is 16.9 Å². The van der Waals surface area contributed by atoms with Crippen LogP contribution in [0.2, 0.25) is 0 Å². The predicted octanol–water partition coefficient (Wildman–Crippen LogP) is 5.74. The van der Waals surface area contributed by atoms with Crippen molar-refractivity contribution >= 4 is 38.8 Å². The Morgan fingerprint density at radius 3 is 2.53 bits per heavy atom. The predicted molar refractivity (Wildman–Crippen MR) is 186 cm³/mol. The fourth-order valence-electron chi connectivity index (χ4n) is 5.80. The van der Waals surface area contributed by atoms with Crippen molar-refractivity contribution in [3.63, 3.8) is 0 Å². The highest BCUT2D eigenvalue weighted by atomic mass is 32.2. The smallest absolute Gasteiger partial charge is 0.232 e. The molecular weight excluding hydrogens is 614 g/mol. The van der Waals surface area contributed by atoms with E-state index in [2.05, 4.69) is 45.6 Å². The molecular formula is C35H43N7O4S. The maximum atomic E-state index is 13.1. The number of hydrogen-bond acceptors (Lipinski definition) is 11. The number of hydrogen-bond donors (Lipinski definition) is 2. The van der Waals surface area contributed by atoms with Crippen molar-refractivity contribution in [1.29, 1.82) is 0 Å².